The van der Waals surface area contributed by atoms with Crippen molar-refractivity contribution in [2.45, 2.75) is 87.4 Å². The fourth-order valence-corrected chi connectivity index (χ4v) is 6.57. The summed E-state index contributed by atoms with van der Waals surface area (Å²) in [6.45, 7) is 3.50. The lowest BCUT2D eigenvalue weighted by Crippen LogP contribution is -2.63. The third kappa shape index (κ3) is 18.8. The number of nitrogens with one attached hydrogen (secondary N) is 9. The van der Waals surface area contributed by atoms with Gasteiger partial charge in [-0.2, -0.15) is 75.8 Å². The molecule has 0 saturated heterocycles. The second-order valence-electron chi connectivity index (χ2n) is 12.1. The summed E-state index contributed by atoms with van der Waals surface area (Å²) in [5.41, 5.74) is 0. The van der Waals surface area contributed by atoms with Crippen LogP contribution in [-0.4, -0.2) is 170 Å². The zero-order valence-corrected chi connectivity index (χ0v) is 38.2. The SMILES string of the molecule is C[C@H](NC(=O)[C@H](CS)NC(=O)[C@H](CS)NC(=O)[C@@H](NC(=O)[C@H](CS)NC(=O)[C@@H](NC(=O)[C@H](CS)NC(=O)[C@H](CS)NC(=O)[C@H](CS)NI)[C@@H](C)O)[C@@H](C)O)C(=O)O. The van der Waals surface area contributed by atoms with Crippen molar-refractivity contribution in [1.29, 1.82) is 0 Å². The molecule has 0 saturated carbocycles. The molecule has 0 unspecified atom stereocenters. The van der Waals surface area contributed by atoms with Crippen molar-refractivity contribution in [2.75, 3.05) is 34.5 Å². The van der Waals surface area contributed by atoms with Gasteiger partial charge in [-0.05, 0) is 20.8 Å². The number of aliphatic carboxylic acids is 1. The van der Waals surface area contributed by atoms with Crippen molar-refractivity contribution >= 4 is 152 Å². The molecule has 57 heavy (non-hydrogen) atoms. The molecule has 0 spiro atoms. The number of hydrogen-bond acceptors (Lipinski definition) is 18. The van der Waals surface area contributed by atoms with Crippen LogP contribution < -0.4 is 46.1 Å². The molecular weight excluding hydrogens is 986 g/mol. The van der Waals surface area contributed by atoms with Crippen LogP contribution in [-0.2, 0) is 43.2 Å². The molecule has 0 radical (unpaired) electrons. The van der Waals surface area contributed by atoms with E-state index in [1.807, 2.05) is 0 Å². The Bertz CT molecular complexity index is 1420. The van der Waals surface area contributed by atoms with Gasteiger partial charge in [-0.3, -0.25) is 43.2 Å². The molecule has 12 N–H and O–H groups in total. The number of hydrogen-bond donors (Lipinski definition) is 18. The maximum absolute atomic E-state index is 13.3. The maximum Gasteiger partial charge on any atom is 0.325 e. The molecule has 0 aliphatic heterocycles. The van der Waals surface area contributed by atoms with E-state index in [1.165, 1.54) is 6.92 Å². The van der Waals surface area contributed by atoms with E-state index in [1.54, 1.807) is 22.9 Å². The fourth-order valence-electron chi connectivity index (χ4n) is 4.17. The number of carbonyl (C=O) groups is 9. The number of carbonyl (C=O) groups excluding carboxylic acids is 8. The first-order valence-corrected chi connectivity index (χ1v) is 21.6. The number of halogens is 1. The second kappa shape index (κ2) is 28.4. The van der Waals surface area contributed by atoms with Gasteiger partial charge in [0.1, 0.15) is 54.4 Å². The zero-order chi connectivity index (χ0) is 44.2. The number of aliphatic hydroxyl groups excluding tert-OH is 2. The van der Waals surface area contributed by atoms with Gasteiger partial charge in [0.25, 0.3) is 0 Å². The number of rotatable bonds is 26. The fraction of sp³-hybridized carbons (Fsp3) is 0.690. The first-order chi connectivity index (χ1) is 26.7. The van der Waals surface area contributed by atoms with E-state index in [0.29, 0.717) is 0 Å². The average Bonchev–Trinajstić information content (AvgIpc) is 3.16. The normalized spacial score (nSPS) is 16.8. The molecule has 11 atom stereocenters. The molecule has 28 heteroatoms. The van der Waals surface area contributed by atoms with E-state index in [2.05, 4.69) is 122 Å². The summed E-state index contributed by atoms with van der Waals surface area (Å²) in [6.07, 6.45) is -3.14. The van der Waals surface area contributed by atoms with E-state index in [-0.39, 0.29) is 28.8 Å². The van der Waals surface area contributed by atoms with Gasteiger partial charge in [0.2, 0.25) is 47.3 Å². The van der Waals surface area contributed by atoms with E-state index < -0.39 is 126 Å². The summed E-state index contributed by atoms with van der Waals surface area (Å²) < 4.78 is 2.69. The van der Waals surface area contributed by atoms with Crippen molar-refractivity contribution in [3.8, 4) is 0 Å². The zero-order valence-electron chi connectivity index (χ0n) is 30.7. The van der Waals surface area contributed by atoms with Crippen LogP contribution in [0.1, 0.15) is 20.8 Å². The monoisotopic (exact) mass is 1040 g/mol. The average molecular weight is 1040 g/mol. The summed E-state index contributed by atoms with van der Waals surface area (Å²) in [4.78, 5) is 115. The Labute approximate surface area is 375 Å². The molecule has 0 aromatic rings. The van der Waals surface area contributed by atoms with Gasteiger partial charge in [-0.1, -0.05) is 0 Å². The van der Waals surface area contributed by atoms with Gasteiger partial charge in [0.05, 0.1) is 12.2 Å². The standard InChI is InChI=1S/C29H50IN9O12S6/c1-10(29(50)51)31-21(42)13(4-52)32-23(44)15(6-54)35-27(48)19(11(2)40)38-25(46)17(8-56)36-28(49)20(12(3)41)37-24(45)16(7-55)33-22(43)14(5-53)34-26(47)18(9-57)39-30/h10-20,39-41,52-57H,4-9H2,1-3H3,(H,31,42)(H,32,44)(H,33,43)(H,34,47)(H,35,48)(H,36,49)(H,37,45)(H,38,46)(H,50,51)/t10-,11+,12+,13-,14-,15-,16-,17-,18-,19-,20-/m0/s1. The van der Waals surface area contributed by atoms with Crippen LogP contribution in [0.5, 0.6) is 0 Å². The third-order valence-electron chi connectivity index (χ3n) is 7.56. The van der Waals surface area contributed by atoms with Crippen molar-refractivity contribution in [3.05, 3.63) is 0 Å². The summed E-state index contributed by atoms with van der Waals surface area (Å²) >= 11 is 26.1. The summed E-state index contributed by atoms with van der Waals surface area (Å²) in [5.74, 6) is -10.00. The number of aliphatic hydroxyl groups is 2. The van der Waals surface area contributed by atoms with E-state index >= 15 is 0 Å². The van der Waals surface area contributed by atoms with E-state index in [0.717, 1.165) is 13.8 Å². The van der Waals surface area contributed by atoms with Gasteiger partial charge < -0.3 is 57.9 Å². The Morgan fingerprint density at radius 3 is 0.877 bits per heavy atom. The molecule has 0 heterocycles. The van der Waals surface area contributed by atoms with Crippen LogP contribution in [0.2, 0.25) is 0 Å². The molecule has 0 aliphatic rings. The highest BCUT2D eigenvalue weighted by Crippen LogP contribution is 2.04. The first kappa shape index (κ1) is 54.9. The van der Waals surface area contributed by atoms with Gasteiger partial charge >= 0.3 is 5.97 Å². The Morgan fingerprint density at radius 2 is 0.649 bits per heavy atom. The summed E-state index contributed by atoms with van der Waals surface area (Å²) in [6, 6.07) is -12.3. The van der Waals surface area contributed by atoms with Crippen molar-refractivity contribution in [3.63, 3.8) is 0 Å². The van der Waals surface area contributed by atoms with Crippen molar-refractivity contribution in [2.24, 2.45) is 0 Å². The minimum absolute atomic E-state index is 0.116. The molecule has 0 aliphatic carbocycles. The van der Waals surface area contributed by atoms with Gasteiger partial charge in [-0.25, -0.2) is 3.53 Å². The van der Waals surface area contributed by atoms with Gasteiger partial charge in [0, 0.05) is 57.4 Å². The lowest BCUT2D eigenvalue weighted by molar-refractivity contribution is -0.141. The quantitative estimate of drug-likeness (QED) is 0.0219. The van der Waals surface area contributed by atoms with E-state index in [9.17, 15) is 53.4 Å². The van der Waals surface area contributed by atoms with Crippen LogP contribution in [0.3, 0.4) is 0 Å². The van der Waals surface area contributed by atoms with Gasteiger partial charge in [0.15, 0.2) is 0 Å². The molecule has 0 rings (SSSR count). The van der Waals surface area contributed by atoms with Crippen LogP contribution in [0.4, 0.5) is 0 Å². The first-order valence-electron chi connectivity index (χ1n) is 16.7. The van der Waals surface area contributed by atoms with Crippen LogP contribution in [0.25, 0.3) is 0 Å². The highest BCUT2D eigenvalue weighted by molar-refractivity contribution is 14.1. The predicted octanol–water partition coefficient (Wildman–Crippen LogP) is -5.38. The number of amides is 8. The highest BCUT2D eigenvalue weighted by atomic mass is 127. The highest BCUT2D eigenvalue weighted by Gasteiger charge is 2.36. The largest absolute Gasteiger partial charge is 0.480 e. The van der Waals surface area contributed by atoms with Crippen LogP contribution >= 0.6 is 98.6 Å². The van der Waals surface area contributed by atoms with Crippen molar-refractivity contribution in [1.82, 2.24) is 46.1 Å². The summed E-state index contributed by atoms with van der Waals surface area (Å²) in [5, 5.41) is 48.2. The minimum atomic E-state index is -1.73. The lowest BCUT2D eigenvalue weighted by Gasteiger charge is -2.28. The van der Waals surface area contributed by atoms with Crippen LogP contribution in [0, 0.1) is 0 Å². The molecule has 21 nitrogen and oxygen atoms in total. The molecule has 326 valence electrons. The Kier molecular flexibility index (Phi) is 27.4. The minimum Gasteiger partial charge on any atom is -0.480 e. The number of thiol groups is 6. The van der Waals surface area contributed by atoms with E-state index in [4.69, 9.17) is 5.11 Å². The summed E-state index contributed by atoms with van der Waals surface area (Å²) in [7, 11) is 0. The molecule has 0 bridgehead atoms. The molecule has 0 aromatic heterocycles. The Morgan fingerprint density at radius 1 is 0.421 bits per heavy atom. The topological polar surface area (TPSA) is 323 Å². The van der Waals surface area contributed by atoms with Gasteiger partial charge in [-0.15, -0.1) is 0 Å². The molecule has 8 amide bonds. The number of carboxylic acids is 1. The smallest absolute Gasteiger partial charge is 0.325 e. The van der Waals surface area contributed by atoms with Crippen LogP contribution in [0.15, 0.2) is 0 Å². The van der Waals surface area contributed by atoms with Crippen molar-refractivity contribution < 1.29 is 58.5 Å². The third-order valence-corrected chi connectivity index (χ3v) is 10.5. The molecular formula is C29H50IN9O12S6. The molecule has 0 fully saturated rings. The Hall–Kier alpha value is -2.06. The lowest BCUT2D eigenvalue weighted by atomic mass is 10.1. The Balaban J connectivity index is 5.76. The maximum atomic E-state index is 13.3. The predicted molar refractivity (Wildman–Crippen MR) is 236 cm³/mol. The molecule has 0 aromatic carbocycles. The second-order valence-corrected chi connectivity index (χ2v) is 14.9. The number of carboxylic acid groups (broad SMARTS) is 1.